The van der Waals surface area contributed by atoms with Crippen molar-refractivity contribution in [2.24, 2.45) is 21.5 Å². The van der Waals surface area contributed by atoms with Gasteiger partial charge >= 0.3 is 0 Å². The Morgan fingerprint density at radius 1 is 1.00 bits per heavy atom. The summed E-state index contributed by atoms with van der Waals surface area (Å²) in [6.07, 6.45) is 6.81. The summed E-state index contributed by atoms with van der Waals surface area (Å²) >= 11 is 0. The van der Waals surface area contributed by atoms with Crippen molar-refractivity contribution >= 4 is 17.6 Å². The van der Waals surface area contributed by atoms with Gasteiger partial charge in [0.25, 0.3) is 0 Å². The van der Waals surface area contributed by atoms with Crippen LogP contribution < -0.4 is 16.4 Å². The summed E-state index contributed by atoms with van der Waals surface area (Å²) in [5, 5.41) is 10.0. The maximum Gasteiger partial charge on any atom is 0.220 e. The van der Waals surface area contributed by atoms with Gasteiger partial charge in [0.2, 0.25) is 11.9 Å². The summed E-state index contributed by atoms with van der Waals surface area (Å²) in [6.45, 7) is 0. The predicted molar refractivity (Wildman–Crippen MR) is 103 cm³/mol. The number of rotatable bonds is 2. The Kier molecular flexibility index (Phi) is 3.99. The Morgan fingerprint density at radius 2 is 1.73 bits per heavy atom. The van der Waals surface area contributed by atoms with Crippen LogP contribution in [0.5, 0.6) is 5.75 Å². The quantitative estimate of drug-likeness (QED) is 0.770. The smallest absolute Gasteiger partial charge is 0.220 e. The van der Waals surface area contributed by atoms with Crippen LogP contribution in [0.4, 0.5) is 5.69 Å². The van der Waals surface area contributed by atoms with Gasteiger partial charge in [0.1, 0.15) is 17.1 Å². The van der Waals surface area contributed by atoms with E-state index in [0.717, 1.165) is 36.9 Å². The van der Waals surface area contributed by atoms with E-state index in [4.69, 9.17) is 11.5 Å². The molecule has 0 amide bonds. The number of pyridine rings is 1. The molecule has 0 radical (unpaired) electrons. The number of hydrogen-bond acceptors (Lipinski definition) is 7. The molecule has 1 spiro atoms. The van der Waals surface area contributed by atoms with E-state index in [1.165, 1.54) is 6.42 Å². The van der Waals surface area contributed by atoms with E-state index in [2.05, 4.69) is 15.0 Å². The number of nitrogens with two attached hydrogens (primary N) is 2. The Bertz CT molecular complexity index is 868. The molecule has 0 saturated heterocycles. The Morgan fingerprint density at radius 3 is 2.42 bits per heavy atom. The van der Waals surface area contributed by atoms with Gasteiger partial charge in [-0.3, -0.25) is 9.88 Å². The van der Waals surface area contributed by atoms with E-state index in [1.807, 2.05) is 29.2 Å². The minimum Gasteiger partial charge on any atom is -0.506 e. The van der Waals surface area contributed by atoms with Gasteiger partial charge in [-0.05, 0) is 49.9 Å². The van der Waals surface area contributed by atoms with Gasteiger partial charge in [-0.1, -0.05) is 18.6 Å². The van der Waals surface area contributed by atoms with Crippen LogP contribution in [0.3, 0.4) is 0 Å². The molecule has 0 bridgehead atoms. The lowest BCUT2D eigenvalue weighted by atomic mass is 9.87. The normalized spacial score (nSPS) is 19.2. The van der Waals surface area contributed by atoms with Gasteiger partial charge in [0.15, 0.2) is 0 Å². The number of benzene rings is 1. The predicted octanol–water partition coefficient (Wildman–Crippen LogP) is 2.56. The molecule has 134 valence electrons. The first-order valence-electron chi connectivity index (χ1n) is 8.83. The van der Waals surface area contributed by atoms with Crippen LogP contribution in [0.15, 0.2) is 52.6 Å². The Hall–Kier alpha value is -3.09. The molecule has 2 heterocycles. The van der Waals surface area contributed by atoms with Crippen LogP contribution in [-0.4, -0.2) is 27.7 Å². The molecule has 0 atom stereocenters. The average molecular weight is 350 g/mol. The zero-order chi connectivity index (χ0) is 18.1. The van der Waals surface area contributed by atoms with Gasteiger partial charge in [-0.2, -0.15) is 4.99 Å². The molecule has 4 rings (SSSR count). The molecular weight excluding hydrogens is 328 g/mol. The van der Waals surface area contributed by atoms with Gasteiger partial charge in [-0.25, -0.2) is 4.99 Å². The van der Waals surface area contributed by atoms with E-state index in [9.17, 15) is 5.11 Å². The van der Waals surface area contributed by atoms with E-state index < -0.39 is 5.66 Å². The van der Waals surface area contributed by atoms with Crippen molar-refractivity contribution in [1.29, 1.82) is 0 Å². The van der Waals surface area contributed by atoms with Crippen molar-refractivity contribution in [3.8, 4) is 17.0 Å². The molecule has 1 saturated carbocycles. The molecule has 1 fully saturated rings. The summed E-state index contributed by atoms with van der Waals surface area (Å²) in [5.41, 5.74) is 14.0. The summed E-state index contributed by atoms with van der Waals surface area (Å²) in [7, 11) is 0. The monoisotopic (exact) mass is 350 g/mol. The van der Waals surface area contributed by atoms with Gasteiger partial charge < -0.3 is 16.6 Å². The topological polar surface area (TPSA) is 113 Å². The number of anilines is 1. The Labute approximate surface area is 152 Å². The Balaban J connectivity index is 1.72. The minimum absolute atomic E-state index is 0.153. The second-order valence-corrected chi connectivity index (χ2v) is 6.74. The highest BCUT2D eigenvalue weighted by atomic mass is 16.3. The van der Waals surface area contributed by atoms with Crippen molar-refractivity contribution in [3.63, 3.8) is 0 Å². The van der Waals surface area contributed by atoms with Gasteiger partial charge in [0, 0.05) is 17.4 Å². The highest BCUT2D eigenvalue weighted by Crippen LogP contribution is 2.40. The summed E-state index contributed by atoms with van der Waals surface area (Å²) in [5.74, 6) is 0.768. The second-order valence-electron chi connectivity index (χ2n) is 6.74. The molecule has 7 heteroatoms. The molecule has 1 aliphatic heterocycles. The number of aromatic nitrogens is 1. The largest absolute Gasteiger partial charge is 0.506 e. The van der Waals surface area contributed by atoms with Gasteiger partial charge in [-0.15, -0.1) is 0 Å². The first kappa shape index (κ1) is 16.4. The van der Waals surface area contributed by atoms with Crippen molar-refractivity contribution in [1.82, 2.24) is 4.98 Å². The minimum atomic E-state index is -0.456. The fourth-order valence-corrected chi connectivity index (χ4v) is 3.88. The molecule has 1 aliphatic carbocycles. The first-order valence-corrected chi connectivity index (χ1v) is 8.83. The molecule has 0 unspecified atom stereocenters. The van der Waals surface area contributed by atoms with Crippen LogP contribution in [0.2, 0.25) is 0 Å². The molecular formula is C19H22N6O. The fraction of sp³-hybridized carbons (Fsp3) is 0.316. The molecule has 2 aliphatic rings. The highest BCUT2D eigenvalue weighted by molar-refractivity contribution is 6.05. The first-order chi connectivity index (χ1) is 12.6. The summed E-state index contributed by atoms with van der Waals surface area (Å²) in [4.78, 5) is 15.1. The lowest BCUT2D eigenvalue weighted by molar-refractivity contribution is 0.305. The lowest BCUT2D eigenvalue weighted by Crippen LogP contribution is -2.58. The van der Waals surface area contributed by atoms with Crippen LogP contribution in [0, 0.1) is 0 Å². The molecule has 1 aromatic heterocycles. The lowest BCUT2D eigenvalue weighted by Gasteiger charge is -2.45. The maximum atomic E-state index is 10.0. The molecule has 1 aromatic carbocycles. The standard InChI is InChI=1S/C19H22N6O/c20-17-23-18(21)25(19(24-17)10-2-1-3-11-19)14-8-6-13(7-9-14)16-15(26)5-4-12-22-16/h4-9,12,26H,1-3,10-11H2,(H4,20,21,23,24). The van der Waals surface area contributed by atoms with Gasteiger partial charge in [0.05, 0.1) is 0 Å². The van der Waals surface area contributed by atoms with Crippen molar-refractivity contribution in [2.75, 3.05) is 4.90 Å². The zero-order valence-electron chi connectivity index (χ0n) is 14.5. The third-order valence-corrected chi connectivity index (χ3v) is 5.04. The van der Waals surface area contributed by atoms with E-state index in [1.54, 1.807) is 18.3 Å². The van der Waals surface area contributed by atoms with Crippen molar-refractivity contribution in [3.05, 3.63) is 42.6 Å². The number of aromatic hydroxyl groups is 1. The number of guanidine groups is 2. The third-order valence-electron chi connectivity index (χ3n) is 5.04. The second kappa shape index (κ2) is 6.33. The summed E-state index contributed by atoms with van der Waals surface area (Å²) in [6, 6.07) is 11.1. The van der Waals surface area contributed by atoms with E-state index >= 15 is 0 Å². The van der Waals surface area contributed by atoms with Crippen molar-refractivity contribution < 1.29 is 5.11 Å². The van der Waals surface area contributed by atoms with E-state index in [-0.39, 0.29) is 11.7 Å². The molecule has 2 aromatic rings. The maximum absolute atomic E-state index is 10.0. The molecule has 7 nitrogen and oxygen atoms in total. The zero-order valence-corrected chi connectivity index (χ0v) is 14.5. The van der Waals surface area contributed by atoms with Crippen molar-refractivity contribution in [2.45, 2.75) is 37.8 Å². The number of aliphatic imine (C=N–C) groups is 2. The van der Waals surface area contributed by atoms with Crippen LogP contribution in [0.25, 0.3) is 11.3 Å². The average Bonchev–Trinajstić information content (AvgIpc) is 2.63. The fourth-order valence-electron chi connectivity index (χ4n) is 3.88. The van der Waals surface area contributed by atoms with Crippen LogP contribution in [0.1, 0.15) is 32.1 Å². The highest BCUT2D eigenvalue weighted by Gasteiger charge is 2.42. The third kappa shape index (κ3) is 2.75. The molecule has 5 N–H and O–H groups in total. The van der Waals surface area contributed by atoms with Crippen LogP contribution in [-0.2, 0) is 0 Å². The SMILES string of the molecule is NC1=NC2(CCCCC2)N(c2ccc(-c3ncccc3O)cc2)C(N)=N1. The number of nitrogens with zero attached hydrogens (tertiary/aromatic N) is 4. The summed E-state index contributed by atoms with van der Waals surface area (Å²) < 4.78 is 0. The number of hydrogen-bond donors (Lipinski definition) is 3. The van der Waals surface area contributed by atoms with Crippen LogP contribution >= 0.6 is 0 Å². The van der Waals surface area contributed by atoms with E-state index in [0.29, 0.717) is 11.7 Å². The molecule has 26 heavy (non-hydrogen) atoms.